The maximum atomic E-state index is 12.5. The first-order chi connectivity index (χ1) is 13.7. The van der Waals surface area contributed by atoms with E-state index in [0.717, 1.165) is 28.9 Å². The van der Waals surface area contributed by atoms with Gasteiger partial charge < -0.3 is 15.8 Å². The van der Waals surface area contributed by atoms with Gasteiger partial charge in [-0.2, -0.15) is 5.10 Å². The number of pyridine rings is 1. The third-order valence-corrected chi connectivity index (χ3v) is 4.88. The number of hydrogen-bond donors (Lipinski definition) is 2. The molecule has 3 N–H and O–H groups in total. The van der Waals surface area contributed by atoms with E-state index >= 15 is 0 Å². The van der Waals surface area contributed by atoms with Crippen molar-refractivity contribution in [2.45, 2.75) is 31.6 Å². The summed E-state index contributed by atoms with van der Waals surface area (Å²) in [4.78, 5) is 16.6. The number of nitrogens with two attached hydrogens (primary N) is 1. The second-order valence-corrected chi connectivity index (χ2v) is 6.80. The fourth-order valence-electron chi connectivity index (χ4n) is 3.37. The second-order valence-electron chi connectivity index (χ2n) is 6.80. The van der Waals surface area contributed by atoms with E-state index in [1.165, 1.54) is 0 Å². The smallest absolute Gasteiger partial charge is 0.249 e. The zero-order valence-corrected chi connectivity index (χ0v) is 15.5. The Bertz CT molecular complexity index is 926. The van der Waals surface area contributed by atoms with Gasteiger partial charge in [-0.1, -0.05) is 18.2 Å². The van der Waals surface area contributed by atoms with Crippen LogP contribution in [0.3, 0.4) is 0 Å². The molecule has 1 amide bonds. The molecule has 3 aromatic rings. The first kappa shape index (κ1) is 18.3. The van der Waals surface area contributed by atoms with E-state index in [1.54, 1.807) is 12.4 Å². The molecule has 0 bridgehead atoms. The third-order valence-electron chi connectivity index (χ3n) is 4.88. The number of amides is 1. The van der Waals surface area contributed by atoms with Crippen LogP contribution < -0.4 is 11.1 Å². The Morgan fingerprint density at radius 3 is 2.68 bits per heavy atom. The summed E-state index contributed by atoms with van der Waals surface area (Å²) in [5.74, 6) is -0.107. The molecule has 1 aromatic carbocycles. The van der Waals surface area contributed by atoms with Crippen molar-refractivity contribution in [3.8, 4) is 16.9 Å². The van der Waals surface area contributed by atoms with Gasteiger partial charge in [0.05, 0.1) is 17.5 Å². The van der Waals surface area contributed by atoms with Crippen molar-refractivity contribution in [3.05, 3.63) is 66.6 Å². The van der Waals surface area contributed by atoms with Crippen LogP contribution in [0.2, 0.25) is 0 Å². The standard InChI is InChI=1S/C21H23N5O2/c22-12-18-6-7-19(28-18)21(27)24-13-16-14-26(17-4-2-1-3-5-17)25-20(16)15-8-10-23-11-9-15/h1-5,8-11,14,18-19H,6-7,12-13,22H2,(H,24,27)/t18-,19+/m1/s1. The van der Waals surface area contributed by atoms with Crippen LogP contribution in [0.1, 0.15) is 18.4 Å². The van der Waals surface area contributed by atoms with Gasteiger partial charge in [0.1, 0.15) is 6.10 Å². The van der Waals surface area contributed by atoms with Crippen LogP contribution >= 0.6 is 0 Å². The molecule has 1 fully saturated rings. The monoisotopic (exact) mass is 377 g/mol. The van der Waals surface area contributed by atoms with Crippen LogP contribution in [-0.2, 0) is 16.1 Å². The van der Waals surface area contributed by atoms with Crippen molar-refractivity contribution >= 4 is 5.91 Å². The van der Waals surface area contributed by atoms with Gasteiger partial charge in [0.2, 0.25) is 5.91 Å². The maximum absolute atomic E-state index is 12.5. The van der Waals surface area contributed by atoms with Gasteiger partial charge in [-0.25, -0.2) is 4.68 Å². The molecule has 7 heteroatoms. The Morgan fingerprint density at radius 1 is 1.18 bits per heavy atom. The van der Waals surface area contributed by atoms with E-state index in [-0.39, 0.29) is 12.0 Å². The average molecular weight is 377 g/mol. The minimum absolute atomic E-state index is 0.0241. The number of carbonyl (C=O) groups excluding carboxylic acids is 1. The van der Waals surface area contributed by atoms with Crippen molar-refractivity contribution in [3.63, 3.8) is 0 Å². The fraction of sp³-hybridized carbons (Fsp3) is 0.286. The van der Waals surface area contributed by atoms with Crippen molar-refractivity contribution in [2.24, 2.45) is 5.73 Å². The van der Waals surface area contributed by atoms with Gasteiger partial charge in [-0.15, -0.1) is 0 Å². The minimum atomic E-state index is -0.429. The molecule has 0 aliphatic carbocycles. The molecule has 28 heavy (non-hydrogen) atoms. The van der Waals surface area contributed by atoms with Crippen LogP contribution in [0.4, 0.5) is 0 Å². The highest BCUT2D eigenvalue weighted by Crippen LogP contribution is 2.24. The van der Waals surface area contributed by atoms with E-state index in [4.69, 9.17) is 15.6 Å². The highest BCUT2D eigenvalue weighted by Gasteiger charge is 2.29. The number of rotatable bonds is 6. The van der Waals surface area contributed by atoms with Crippen LogP contribution in [0.25, 0.3) is 16.9 Å². The van der Waals surface area contributed by atoms with Crippen molar-refractivity contribution in [1.29, 1.82) is 0 Å². The molecule has 7 nitrogen and oxygen atoms in total. The highest BCUT2D eigenvalue weighted by atomic mass is 16.5. The Morgan fingerprint density at radius 2 is 1.96 bits per heavy atom. The summed E-state index contributed by atoms with van der Waals surface area (Å²) in [5.41, 5.74) is 9.29. The zero-order valence-electron chi connectivity index (χ0n) is 15.5. The Kier molecular flexibility index (Phi) is 5.45. The Hall–Kier alpha value is -3.03. The molecule has 0 unspecified atom stereocenters. The van der Waals surface area contributed by atoms with Gasteiger partial charge in [0, 0.05) is 42.8 Å². The maximum Gasteiger partial charge on any atom is 0.249 e. The SMILES string of the molecule is NC[C@H]1CC[C@@H](C(=O)NCc2cn(-c3ccccc3)nc2-c2ccncc2)O1. The first-order valence-electron chi connectivity index (χ1n) is 9.42. The Labute approximate surface area is 163 Å². The molecule has 3 heterocycles. The average Bonchev–Trinajstić information content (AvgIpc) is 3.41. The molecule has 2 atom stereocenters. The number of para-hydroxylation sites is 1. The van der Waals surface area contributed by atoms with Crippen LogP contribution in [0, 0.1) is 0 Å². The number of aromatic nitrogens is 3. The lowest BCUT2D eigenvalue weighted by molar-refractivity contribution is -0.132. The summed E-state index contributed by atoms with van der Waals surface area (Å²) in [7, 11) is 0. The molecule has 1 aliphatic rings. The third kappa shape index (κ3) is 3.95. The van der Waals surface area contributed by atoms with E-state index in [1.807, 2.05) is 53.3 Å². The quantitative estimate of drug-likeness (QED) is 0.686. The van der Waals surface area contributed by atoms with E-state index in [0.29, 0.717) is 19.5 Å². The van der Waals surface area contributed by atoms with Gasteiger partial charge in [-0.3, -0.25) is 9.78 Å². The summed E-state index contributed by atoms with van der Waals surface area (Å²) < 4.78 is 7.51. The summed E-state index contributed by atoms with van der Waals surface area (Å²) in [5, 5.41) is 7.73. The first-order valence-corrected chi connectivity index (χ1v) is 9.42. The van der Waals surface area contributed by atoms with E-state index in [2.05, 4.69) is 10.3 Å². The Balaban J connectivity index is 1.55. The summed E-state index contributed by atoms with van der Waals surface area (Å²) in [6, 6.07) is 13.7. The normalized spacial score (nSPS) is 18.9. The number of benzene rings is 1. The molecule has 0 spiro atoms. The summed E-state index contributed by atoms with van der Waals surface area (Å²) in [6.45, 7) is 0.816. The van der Waals surface area contributed by atoms with Gasteiger partial charge in [0.25, 0.3) is 0 Å². The van der Waals surface area contributed by atoms with Crippen molar-refractivity contribution < 1.29 is 9.53 Å². The molecule has 0 radical (unpaired) electrons. The van der Waals surface area contributed by atoms with Gasteiger partial charge in [0.15, 0.2) is 0 Å². The number of nitrogens with one attached hydrogen (secondary N) is 1. The molecule has 1 aliphatic heterocycles. The summed E-state index contributed by atoms with van der Waals surface area (Å²) in [6.07, 6.45) is 6.49. The summed E-state index contributed by atoms with van der Waals surface area (Å²) >= 11 is 0. The zero-order chi connectivity index (χ0) is 19.3. The molecule has 4 rings (SSSR count). The largest absolute Gasteiger partial charge is 0.364 e. The molecule has 2 aromatic heterocycles. The van der Waals surface area contributed by atoms with E-state index < -0.39 is 6.10 Å². The van der Waals surface area contributed by atoms with Crippen LogP contribution in [0.5, 0.6) is 0 Å². The van der Waals surface area contributed by atoms with Crippen molar-refractivity contribution in [1.82, 2.24) is 20.1 Å². The molecule has 0 saturated carbocycles. The van der Waals surface area contributed by atoms with E-state index in [9.17, 15) is 4.79 Å². The molecule has 1 saturated heterocycles. The molecular weight excluding hydrogens is 354 g/mol. The molecule has 144 valence electrons. The van der Waals surface area contributed by atoms with Gasteiger partial charge in [-0.05, 0) is 37.1 Å². The topological polar surface area (TPSA) is 95.1 Å². The predicted octanol–water partition coefficient (Wildman–Crippen LogP) is 2.06. The lowest BCUT2D eigenvalue weighted by Crippen LogP contribution is -2.35. The number of carbonyl (C=O) groups is 1. The number of hydrogen-bond acceptors (Lipinski definition) is 5. The highest BCUT2D eigenvalue weighted by molar-refractivity contribution is 5.81. The number of ether oxygens (including phenoxy) is 1. The second kappa shape index (κ2) is 8.33. The minimum Gasteiger partial charge on any atom is -0.364 e. The van der Waals surface area contributed by atoms with Crippen LogP contribution in [0.15, 0.2) is 61.1 Å². The molecular formula is C21H23N5O2. The van der Waals surface area contributed by atoms with Crippen LogP contribution in [-0.4, -0.2) is 39.4 Å². The number of nitrogens with zero attached hydrogens (tertiary/aromatic N) is 3. The fourth-order valence-corrected chi connectivity index (χ4v) is 3.37. The predicted molar refractivity (Wildman–Crippen MR) is 106 cm³/mol. The van der Waals surface area contributed by atoms with Crippen molar-refractivity contribution in [2.75, 3.05) is 6.54 Å². The lowest BCUT2D eigenvalue weighted by atomic mass is 10.1. The lowest BCUT2D eigenvalue weighted by Gasteiger charge is -2.12. The van der Waals surface area contributed by atoms with Gasteiger partial charge >= 0.3 is 0 Å².